The molecular formula is C6H11O6. The molecule has 5 atom stereocenters. The van der Waals surface area contributed by atoms with Crippen LogP contribution in [0.2, 0.25) is 0 Å². The van der Waals surface area contributed by atoms with Crippen molar-refractivity contribution in [3.05, 3.63) is 6.10 Å². The lowest BCUT2D eigenvalue weighted by molar-refractivity contribution is -0.188. The highest BCUT2D eigenvalue weighted by atomic mass is 16.4. The van der Waals surface area contributed by atoms with Crippen LogP contribution in [-0.4, -0.2) is 61.2 Å². The molecular weight excluding hydrogens is 168 g/mol. The second-order valence-corrected chi connectivity index (χ2v) is 2.79. The van der Waals surface area contributed by atoms with Gasteiger partial charge < -0.3 is 30.6 Å². The number of aliphatic hydroxyl groups excluding tert-OH is 6. The van der Waals surface area contributed by atoms with E-state index in [0.717, 1.165) is 0 Å². The van der Waals surface area contributed by atoms with E-state index in [1.165, 1.54) is 0 Å². The molecule has 0 spiro atoms. The predicted octanol–water partition coefficient (Wildman–Crippen LogP) is -3.29. The molecule has 0 aromatic carbocycles. The van der Waals surface area contributed by atoms with Crippen LogP contribution < -0.4 is 0 Å². The Balaban J connectivity index is 2.76. The lowest BCUT2D eigenvalue weighted by Gasteiger charge is -2.38. The fraction of sp³-hybridized carbons (Fsp3) is 0.833. The standard InChI is InChI=1S/C6H11O6/c7-1-2(8)4(10)6(12)5(11)3(1)9/h1-5,7-12H/t1-,2-,3+,4-,5-/m0/s1. The van der Waals surface area contributed by atoms with Crippen molar-refractivity contribution in [2.24, 2.45) is 0 Å². The van der Waals surface area contributed by atoms with Gasteiger partial charge in [-0.2, -0.15) is 0 Å². The van der Waals surface area contributed by atoms with E-state index in [9.17, 15) is 0 Å². The summed E-state index contributed by atoms with van der Waals surface area (Å²) in [5.74, 6) is 0. The highest BCUT2D eigenvalue weighted by molar-refractivity contribution is 5.08. The van der Waals surface area contributed by atoms with Crippen molar-refractivity contribution in [1.29, 1.82) is 0 Å². The maximum atomic E-state index is 8.96. The summed E-state index contributed by atoms with van der Waals surface area (Å²) in [6.07, 6.45) is -9.30. The number of hydrogen-bond donors (Lipinski definition) is 6. The van der Waals surface area contributed by atoms with E-state index in [4.69, 9.17) is 30.6 Å². The molecule has 0 bridgehead atoms. The molecule has 1 rings (SSSR count). The van der Waals surface area contributed by atoms with Gasteiger partial charge in [-0.25, -0.2) is 0 Å². The van der Waals surface area contributed by atoms with E-state index in [1.807, 2.05) is 0 Å². The molecule has 6 N–H and O–H groups in total. The Morgan fingerprint density at radius 3 is 1.33 bits per heavy atom. The van der Waals surface area contributed by atoms with Crippen LogP contribution in [0.5, 0.6) is 0 Å². The van der Waals surface area contributed by atoms with Gasteiger partial charge in [-0.1, -0.05) is 0 Å². The Labute approximate surface area is 68.3 Å². The number of aliphatic hydroxyl groups is 6. The Morgan fingerprint density at radius 2 is 1.00 bits per heavy atom. The van der Waals surface area contributed by atoms with Crippen LogP contribution in [0.1, 0.15) is 0 Å². The summed E-state index contributed by atoms with van der Waals surface area (Å²) in [5.41, 5.74) is 0. The van der Waals surface area contributed by atoms with Crippen molar-refractivity contribution < 1.29 is 30.6 Å². The lowest BCUT2D eigenvalue weighted by atomic mass is 9.85. The summed E-state index contributed by atoms with van der Waals surface area (Å²) in [5, 5.41) is 53.6. The third-order valence-corrected chi connectivity index (χ3v) is 1.95. The minimum Gasteiger partial charge on any atom is -0.387 e. The van der Waals surface area contributed by atoms with Crippen molar-refractivity contribution in [2.45, 2.75) is 30.5 Å². The van der Waals surface area contributed by atoms with Gasteiger partial charge in [-0.15, -0.1) is 0 Å². The fourth-order valence-electron chi connectivity index (χ4n) is 1.10. The summed E-state index contributed by atoms with van der Waals surface area (Å²) < 4.78 is 0. The minimum absolute atomic E-state index is 0.833. The molecule has 0 aromatic heterocycles. The van der Waals surface area contributed by atoms with Crippen molar-refractivity contribution in [3.8, 4) is 0 Å². The van der Waals surface area contributed by atoms with Gasteiger partial charge in [0.25, 0.3) is 0 Å². The van der Waals surface area contributed by atoms with Gasteiger partial charge in [0.15, 0.2) is 6.10 Å². The first kappa shape index (κ1) is 9.85. The summed E-state index contributed by atoms with van der Waals surface area (Å²) >= 11 is 0. The monoisotopic (exact) mass is 179 g/mol. The van der Waals surface area contributed by atoms with Gasteiger partial charge >= 0.3 is 0 Å². The third-order valence-electron chi connectivity index (χ3n) is 1.95. The molecule has 0 amide bonds. The van der Waals surface area contributed by atoms with Crippen molar-refractivity contribution in [3.63, 3.8) is 0 Å². The first-order valence-corrected chi connectivity index (χ1v) is 3.43. The smallest absolute Gasteiger partial charge is 0.155 e. The van der Waals surface area contributed by atoms with Crippen LogP contribution in [-0.2, 0) is 0 Å². The highest BCUT2D eigenvalue weighted by Crippen LogP contribution is 2.25. The molecule has 6 heteroatoms. The highest BCUT2D eigenvalue weighted by Gasteiger charge is 2.48. The summed E-state index contributed by atoms with van der Waals surface area (Å²) in [4.78, 5) is 0. The molecule has 1 aliphatic carbocycles. The Kier molecular flexibility index (Phi) is 2.67. The maximum Gasteiger partial charge on any atom is 0.155 e. The Morgan fingerprint density at radius 1 is 0.667 bits per heavy atom. The zero-order valence-corrected chi connectivity index (χ0v) is 6.07. The SMILES string of the molecule is O[C]1[C@@H](O)[C@H](O)[C@@H](O)[C@H](O)[C@@H]1O. The number of rotatable bonds is 0. The minimum atomic E-state index is -1.72. The van der Waals surface area contributed by atoms with Crippen LogP contribution in [0.3, 0.4) is 0 Å². The largest absolute Gasteiger partial charge is 0.387 e. The van der Waals surface area contributed by atoms with Crippen molar-refractivity contribution >= 4 is 0 Å². The maximum absolute atomic E-state index is 8.96. The quantitative estimate of drug-likeness (QED) is 0.232. The van der Waals surface area contributed by atoms with Gasteiger partial charge in [0, 0.05) is 0 Å². The molecule has 0 aromatic rings. The van der Waals surface area contributed by atoms with Gasteiger partial charge in [-0.05, 0) is 0 Å². The first-order chi connectivity index (χ1) is 5.46. The lowest BCUT2D eigenvalue weighted by Crippen LogP contribution is -2.60. The van der Waals surface area contributed by atoms with Crippen LogP contribution in [0.4, 0.5) is 0 Å². The summed E-state index contributed by atoms with van der Waals surface area (Å²) in [6.45, 7) is 0. The fourth-order valence-corrected chi connectivity index (χ4v) is 1.10. The Hall–Kier alpha value is -0.240. The molecule has 0 saturated heterocycles. The zero-order valence-electron chi connectivity index (χ0n) is 6.07. The van der Waals surface area contributed by atoms with Gasteiger partial charge in [0.2, 0.25) is 0 Å². The molecule has 6 nitrogen and oxygen atoms in total. The second kappa shape index (κ2) is 3.25. The van der Waals surface area contributed by atoms with Gasteiger partial charge in [-0.3, -0.25) is 0 Å². The van der Waals surface area contributed by atoms with E-state index >= 15 is 0 Å². The van der Waals surface area contributed by atoms with Crippen LogP contribution >= 0.6 is 0 Å². The average molecular weight is 179 g/mol. The van der Waals surface area contributed by atoms with Gasteiger partial charge in [0.1, 0.15) is 30.5 Å². The van der Waals surface area contributed by atoms with Crippen molar-refractivity contribution in [1.82, 2.24) is 0 Å². The number of hydrogen-bond acceptors (Lipinski definition) is 6. The molecule has 0 aliphatic heterocycles. The molecule has 71 valence electrons. The zero-order chi connectivity index (χ0) is 9.46. The van der Waals surface area contributed by atoms with Crippen LogP contribution in [0.15, 0.2) is 0 Å². The molecule has 1 aliphatic rings. The first-order valence-electron chi connectivity index (χ1n) is 3.43. The normalized spacial score (nSPS) is 51.0. The van der Waals surface area contributed by atoms with E-state index in [1.54, 1.807) is 0 Å². The van der Waals surface area contributed by atoms with Gasteiger partial charge in [0.05, 0.1) is 0 Å². The molecule has 1 fully saturated rings. The van der Waals surface area contributed by atoms with E-state index in [-0.39, 0.29) is 0 Å². The predicted molar refractivity (Wildman–Crippen MR) is 35.2 cm³/mol. The molecule has 0 unspecified atom stereocenters. The Bertz CT molecular complexity index is 104. The molecule has 1 radical (unpaired) electrons. The van der Waals surface area contributed by atoms with Crippen LogP contribution in [0, 0.1) is 6.10 Å². The second-order valence-electron chi connectivity index (χ2n) is 2.79. The topological polar surface area (TPSA) is 121 Å². The van der Waals surface area contributed by atoms with E-state index in [0.29, 0.717) is 0 Å². The molecule has 0 heterocycles. The third kappa shape index (κ3) is 1.33. The molecule has 1 saturated carbocycles. The average Bonchev–Trinajstić information content (AvgIpc) is 2.08. The van der Waals surface area contributed by atoms with E-state index < -0.39 is 36.6 Å². The summed E-state index contributed by atoms with van der Waals surface area (Å²) in [7, 11) is 0. The summed E-state index contributed by atoms with van der Waals surface area (Å²) in [6, 6.07) is 0. The van der Waals surface area contributed by atoms with Crippen molar-refractivity contribution in [2.75, 3.05) is 0 Å². The van der Waals surface area contributed by atoms with E-state index in [2.05, 4.69) is 0 Å². The molecule has 12 heavy (non-hydrogen) atoms. The van der Waals surface area contributed by atoms with Crippen LogP contribution in [0.25, 0.3) is 0 Å².